The van der Waals surface area contributed by atoms with E-state index in [9.17, 15) is 9.59 Å². The van der Waals surface area contributed by atoms with Crippen LogP contribution in [0, 0.1) is 0 Å². The first-order valence-electron chi connectivity index (χ1n) is 7.15. The predicted octanol–water partition coefficient (Wildman–Crippen LogP) is 3.53. The van der Waals surface area contributed by atoms with Crippen LogP contribution in [0.3, 0.4) is 0 Å². The Hall–Kier alpha value is -2.40. The number of rotatable bonds is 4. The van der Waals surface area contributed by atoms with Crippen LogP contribution in [0.4, 0.5) is 11.4 Å². The molecule has 1 N–H and O–H groups in total. The quantitative estimate of drug-likeness (QED) is 0.878. The number of amides is 2. The maximum Gasteiger partial charge on any atom is 0.248 e. The molecule has 2 aromatic rings. The van der Waals surface area contributed by atoms with Gasteiger partial charge in [-0.1, -0.05) is 12.1 Å². The minimum Gasteiger partial charge on any atom is -0.321 e. The lowest BCUT2D eigenvalue weighted by Gasteiger charge is -2.19. The lowest BCUT2D eigenvalue weighted by atomic mass is 10.2. The number of benzene rings is 1. The minimum absolute atomic E-state index is 0.107. The molecule has 4 nitrogen and oxygen atoms in total. The summed E-state index contributed by atoms with van der Waals surface area (Å²) in [5, 5.41) is 6.79. The van der Waals surface area contributed by atoms with Crippen molar-refractivity contribution in [2.24, 2.45) is 0 Å². The van der Waals surface area contributed by atoms with Gasteiger partial charge in [0.1, 0.15) is 0 Å². The lowest BCUT2D eigenvalue weighted by molar-refractivity contribution is -0.117. The largest absolute Gasteiger partial charge is 0.321 e. The second kappa shape index (κ2) is 6.58. The van der Waals surface area contributed by atoms with E-state index in [1.807, 2.05) is 41.1 Å². The number of carbonyl (C=O) groups excluding carboxylic acids is 2. The van der Waals surface area contributed by atoms with E-state index in [1.54, 1.807) is 22.3 Å². The second-order valence-electron chi connectivity index (χ2n) is 5.05. The molecule has 1 saturated heterocycles. The molecule has 1 aromatic carbocycles. The summed E-state index contributed by atoms with van der Waals surface area (Å²) in [5.41, 5.74) is 2.43. The van der Waals surface area contributed by atoms with Gasteiger partial charge in [-0.15, -0.1) is 0 Å². The van der Waals surface area contributed by atoms with Crippen LogP contribution >= 0.6 is 11.3 Å². The molecule has 5 heteroatoms. The summed E-state index contributed by atoms with van der Waals surface area (Å²) in [6.07, 6.45) is 4.71. The predicted molar refractivity (Wildman–Crippen MR) is 90.0 cm³/mol. The molecule has 0 unspecified atom stereocenters. The van der Waals surface area contributed by atoms with Gasteiger partial charge < -0.3 is 10.2 Å². The molecule has 0 aliphatic carbocycles. The SMILES string of the molecule is O=C(/C=C/c1ccsc1)Nc1ccccc1N1CCCC1=O. The van der Waals surface area contributed by atoms with Crippen LogP contribution in [-0.4, -0.2) is 18.4 Å². The van der Waals surface area contributed by atoms with Gasteiger partial charge in [-0.05, 0) is 47.0 Å². The smallest absolute Gasteiger partial charge is 0.248 e. The Labute approximate surface area is 133 Å². The summed E-state index contributed by atoms with van der Waals surface area (Å²) in [6, 6.07) is 9.35. The average Bonchev–Trinajstić information content (AvgIpc) is 3.17. The molecule has 2 heterocycles. The summed E-state index contributed by atoms with van der Waals surface area (Å²) < 4.78 is 0. The van der Waals surface area contributed by atoms with Gasteiger partial charge in [0.2, 0.25) is 11.8 Å². The highest BCUT2D eigenvalue weighted by Gasteiger charge is 2.23. The molecular formula is C17H16N2O2S. The number of anilines is 2. The highest BCUT2D eigenvalue weighted by atomic mass is 32.1. The molecule has 0 radical (unpaired) electrons. The number of nitrogens with zero attached hydrogens (tertiary/aromatic N) is 1. The Morgan fingerprint density at radius 3 is 2.86 bits per heavy atom. The Kier molecular flexibility index (Phi) is 4.34. The molecule has 2 amide bonds. The van der Waals surface area contributed by atoms with E-state index >= 15 is 0 Å². The third-order valence-electron chi connectivity index (χ3n) is 3.50. The molecule has 1 aromatic heterocycles. The van der Waals surface area contributed by atoms with Gasteiger partial charge in [0, 0.05) is 19.0 Å². The van der Waals surface area contributed by atoms with E-state index in [0.29, 0.717) is 18.7 Å². The first-order chi connectivity index (χ1) is 10.7. The van der Waals surface area contributed by atoms with Gasteiger partial charge in [0.05, 0.1) is 11.4 Å². The highest BCUT2D eigenvalue weighted by Crippen LogP contribution is 2.29. The maximum absolute atomic E-state index is 12.1. The van der Waals surface area contributed by atoms with Crippen molar-refractivity contribution in [1.82, 2.24) is 0 Å². The fourth-order valence-electron chi connectivity index (χ4n) is 2.43. The van der Waals surface area contributed by atoms with E-state index in [0.717, 1.165) is 17.7 Å². The van der Waals surface area contributed by atoms with Crippen molar-refractivity contribution in [3.63, 3.8) is 0 Å². The summed E-state index contributed by atoms with van der Waals surface area (Å²) in [4.78, 5) is 25.7. The lowest BCUT2D eigenvalue weighted by Crippen LogP contribution is -2.25. The van der Waals surface area contributed by atoms with Crippen molar-refractivity contribution in [3.05, 3.63) is 52.7 Å². The summed E-state index contributed by atoms with van der Waals surface area (Å²) in [7, 11) is 0. The van der Waals surface area contributed by atoms with Crippen molar-refractivity contribution >= 4 is 40.6 Å². The number of nitrogens with one attached hydrogen (secondary N) is 1. The molecule has 1 aliphatic rings. The molecule has 3 rings (SSSR count). The van der Waals surface area contributed by atoms with Gasteiger partial charge in [0.15, 0.2) is 0 Å². The topological polar surface area (TPSA) is 49.4 Å². The second-order valence-corrected chi connectivity index (χ2v) is 5.83. The van der Waals surface area contributed by atoms with Crippen LogP contribution in [0.25, 0.3) is 6.08 Å². The van der Waals surface area contributed by atoms with E-state index in [1.165, 1.54) is 6.08 Å². The first kappa shape index (κ1) is 14.5. The van der Waals surface area contributed by atoms with Crippen LogP contribution in [0.1, 0.15) is 18.4 Å². The Balaban J connectivity index is 1.75. The Bertz CT molecular complexity index is 707. The number of hydrogen-bond donors (Lipinski definition) is 1. The normalized spacial score (nSPS) is 14.7. The minimum atomic E-state index is -0.203. The zero-order chi connectivity index (χ0) is 15.4. The van der Waals surface area contributed by atoms with E-state index in [4.69, 9.17) is 0 Å². The van der Waals surface area contributed by atoms with Crippen molar-refractivity contribution in [3.8, 4) is 0 Å². The highest BCUT2D eigenvalue weighted by molar-refractivity contribution is 7.08. The molecule has 22 heavy (non-hydrogen) atoms. The first-order valence-corrected chi connectivity index (χ1v) is 8.09. The van der Waals surface area contributed by atoms with Crippen molar-refractivity contribution in [2.75, 3.05) is 16.8 Å². The van der Waals surface area contributed by atoms with Crippen LogP contribution in [-0.2, 0) is 9.59 Å². The molecule has 112 valence electrons. The van der Waals surface area contributed by atoms with Gasteiger partial charge in [-0.25, -0.2) is 0 Å². The molecule has 0 spiro atoms. The van der Waals surface area contributed by atoms with Crippen LogP contribution in [0.5, 0.6) is 0 Å². The zero-order valence-electron chi connectivity index (χ0n) is 12.0. The van der Waals surface area contributed by atoms with E-state index in [2.05, 4.69) is 5.32 Å². The third-order valence-corrected chi connectivity index (χ3v) is 4.20. The van der Waals surface area contributed by atoms with E-state index in [-0.39, 0.29) is 11.8 Å². The molecule has 0 saturated carbocycles. The zero-order valence-corrected chi connectivity index (χ0v) is 12.8. The summed E-state index contributed by atoms with van der Waals surface area (Å²) in [5.74, 6) is -0.0965. The van der Waals surface area contributed by atoms with Gasteiger partial charge in [-0.3, -0.25) is 9.59 Å². The van der Waals surface area contributed by atoms with E-state index < -0.39 is 0 Å². The molecule has 0 bridgehead atoms. The monoisotopic (exact) mass is 312 g/mol. The molecule has 1 fully saturated rings. The summed E-state index contributed by atoms with van der Waals surface area (Å²) >= 11 is 1.59. The Morgan fingerprint density at radius 1 is 1.27 bits per heavy atom. The summed E-state index contributed by atoms with van der Waals surface area (Å²) in [6.45, 7) is 0.705. The fraction of sp³-hybridized carbons (Fsp3) is 0.176. The van der Waals surface area contributed by atoms with Crippen molar-refractivity contribution < 1.29 is 9.59 Å². The van der Waals surface area contributed by atoms with Gasteiger partial charge in [0.25, 0.3) is 0 Å². The van der Waals surface area contributed by atoms with Crippen LogP contribution < -0.4 is 10.2 Å². The number of para-hydroxylation sites is 2. The standard InChI is InChI=1S/C17H16N2O2S/c20-16(8-7-13-9-11-22-12-13)18-14-4-1-2-5-15(14)19-10-3-6-17(19)21/h1-2,4-5,7-9,11-12H,3,6,10H2,(H,18,20)/b8-7+. The Morgan fingerprint density at radius 2 is 2.14 bits per heavy atom. The van der Waals surface area contributed by atoms with Gasteiger partial charge >= 0.3 is 0 Å². The van der Waals surface area contributed by atoms with Crippen molar-refractivity contribution in [1.29, 1.82) is 0 Å². The average molecular weight is 312 g/mol. The van der Waals surface area contributed by atoms with Crippen LogP contribution in [0.2, 0.25) is 0 Å². The molecule has 0 atom stereocenters. The fourth-order valence-corrected chi connectivity index (χ4v) is 3.06. The maximum atomic E-state index is 12.1. The molecule has 1 aliphatic heterocycles. The van der Waals surface area contributed by atoms with Gasteiger partial charge in [-0.2, -0.15) is 11.3 Å². The number of carbonyl (C=O) groups is 2. The third kappa shape index (κ3) is 3.26. The number of hydrogen-bond acceptors (Lipinski definition) is 3. The molecular weight excluding hydrogens is 296 g/mol. The van der Waals surface area contributed by atoms with Crippen molar-refractivity contribution in [2.45, 2.75) is 12.8 Å². The number of thiophene rings is 1. The van der Waals surface area contributed by atoms with Crippen LogP contribution in [0.15, 0.2) is 47.2 Å².